The molecule has 1 aromatic rings. The summed E-state index contributed by atoms with van der Waals surface area (Å²) in [5.74, 6) is 1.90. The third-order valence-corrected chi connectivity index (χ3v) is 2.80. The van der Waals surface area contributed by atoms with Gasteiger partial charge in [-0.15, -0.1) is 0 Å². The first-order chi connectivity index (χ1) is 9.63. The van der Waals surface area contributed by atoms with Crippen molar-refractivity contribution in [3.8, 4) is 5.75 Å². The Labute approximate surface area is 122 Å². The number of nitrogens with two attached hydrogens (primary N) is 1. The Morgan fingerprint density at radius 2 is 2.10 bits per heavy atom. The van der Waals surface area contributed by atoms with E-state index in [1.807, 2.05) is 24.3 Å². The van der Waals surface area contributed by atoms with E-state index < -0.39 is 0 Å². The Balaban J connectivity index is 2.55. The minimum Gasteiger partial charge on any atom is -0.493 e. The molecule has 0 saturated heterocycles. The van der Waals surface area contributed by atoms with Crippen LogP contribution in [0.4, 0.5) is 0 Å². The van der Waals surface area contributed by atoms with Crippen molar-refractivity contribution >= 4 is 5.96 Å². The predicted octanol–water partition coefficient (Wildman–Crippen LogP) is 2.93. The molecule has 0 aliphatic heterocycles. The predicted molar refractivity (Wildman–Crippen MR) is 85.0 cm³/mol. The zero-order chi connectivity index (χ0) is 14.8. The van der Waals surface area contributed by atoms with Gasteiger partial charge in [-0.3, -0.25) is 0 Å². The molecular formula is C16H27N3O. The Kier molecular flexibility index (Phi) is 7.55. The monoisotopic (exact) mass is 277 g/mol. The summed E-state index contributed by atoms with van der Waals surface area (Å²) in [6.07, 6.45) is 2.25. The zero-order valence-corrected chi connectivity index (χ0v) is 12.9. The third-order valence-electron chi connectivity index (χ3n) is 2.80. The van der Waals surface area contributed by atoms with E-state index in [0.717, 1.165) is 30.7 Å². The SMILES string of the molecule is CCCCNC(N)=NCc1ccccc1OCC(C)C. The number of nitrogens with one attached hydrogen (secondary N) is 1. The van der Waals surface area contributed by atoms with Gasteiger partial charge in [-0.05, 0) is 18.4 Å². The van der Waals surface area contributed by atoms with Crippen LogP contribution in [-0.4, -0.2) is 19.1 Å². The van der Waals surface area contributed by atoms with Gasteiger partial charge >= 0.3 is 0 Å². The molecule has 1 aromatic carbocycles. The molecule has 0 amide bonds. The molecule has 0 saturated carbocycles. The van der Waals surface area contributed by atoms with E-state index in [1.54, 1.807) is 0 Å². The van der Waals surface area contributed by atoms with Crippen molar-refractivity contribution in [1.82, 2.24) is 5.32 Å². The number of guanidine groups is 1. The summed E-state index contributed by atoms with van der Waals surface area (Å²) in [5, 5.41) is 3.11. The van der Waals surface area contributed by atoms with Crippen LogP contribution in [-0.2, 0) is 6.54 Å². The highest BCUT2D eigenvalue weighted by Gasteiger charge is 2.03. The van der Waals surface area contributed by atoms with Crippen molar-refractivity contribution in [2.24, 2.45) is 16.6 Å². The molecule has 0 aromatic heterocycles. The minimum atomic E-state index is 0.497. The maximum absolute atomic E-state index is 5.83. The molecule has 0 bridgehead atoms. The molecule has 20 heavy (non-hydrogen) atoms. The van der Waals surface area contributed by atoms with Gasteiger partial charge in [-0.1, -0.05) is 45.4 Å². The number of hydrogen-bond acceptors (Lipinski definition) is 2. The molecule has 4 nitrogen and oxygen atoms in total. The van der Waals surface area contributed by atoms with Crippen molar-refractivity contribution in [3.05, 3.63) is 29.8 Å². The highest BCUT2D eigenvalue weighted by atomic mass is 16.5. The lowest BCUT2D eigenvalue weighted by molar-refractivity contribution is 0.268. The molecule has 0 atom stereocenters. The number of benzene rings is 1. The topological polar surface area (TPSA) is 59.6 Å². The van der Waals surface area contributed by atoms with Crippen molar-refractivity contribution in [2.45, 2.75) is 40.2 Å². The summed E-state index contributed by atoms with van der Waals surface area (Å²) >= 11 is 0. The molecule has 0 spiro atoms. The Hall–Kier alpha value is -1.71. The van der Waals surface area contributed by atoms with E-state index in [9.17, 15) is 0 Å². The smallest absolute Gasteiger partial charge is 0.188 e. The van der Waals surface area contributed by atoms with Gasteiger partial charge in [-0.2, -0.15) is 0 Å². The van der Waals surface area contributed by atoms with E-state index in [4.69, 9.17) is 10.5 Å². The Morgan fingerprint density at radius 1 is 1.35 bits per heavy atom. The molecule has 0 unspecified atom stereocenters. The first-order valence-electron chi connectivity index (χ1n) is 7.38. The van der Waals surface area contributed by atoms with Gasteiger partial charge in [0.05, 0.1) is 13.2 Å². The van der Waals surface area contributed by atoms with Crippen molar-refractivity contribution in [1.29, 1.82) is 0 Å². The minimum absolute atomic E-state index is 0.497. The number of rotatable bonds is 8. The molecular weight excluding hydrogens is 250 g/mol. The van der Waals surface area contributed by atoms with Gasteiger partial charge in [0.2, 0.25) is 0 Å². The average molecular weight is 277 g/mol. The fourth-order valence-electron chi connectivity index (χ4n) is 1.65. The molecule has 1 rings (SSSR count). The Morgan fingerprint density at radius 3 is 2.80 bits per heavy atom. The largest absolute Gasteiger partial charge is 0.493 e. The fraction of sp³-hybridized carbons (Fsp3) is 0.562. The van der Waals surface area contributed by atoms with Gasteiger partial charge in [0.25, 0.3) is 0 Å². The number of hydrogen-bond donors (Lipinski definition) is 2. The number of para-hydroxylation sites is 1. The van der Waals surface area contributed by atoms with Gasteiger partial charge < -0.3 is 15.8 Å². The molecule has 0 heterocycles. The molecule has 0 radical (unpaired) electrons. The third kappa shape index (κ3) is 6.45. The van der Waals surface area contributed by atoms with Crippen molar-refractivity contribution < 1.29 is 4.74 Å². The second kappa shape index (κ2) is 9.23. The zero-order valence-electron chi connectivity index (χ0n) is 12.9. The van der Waals surface area contributed by atoms with Gasteiger partial charge in [0.15, 0.2) is 5.96 Å². The van der Waals surface area contributed by atoms with Crippen LogP contribution < -0.4 is 15.8 Å². The van der Waals surface area contributed by atoms with Crippen LogP contribution in [0.1, 0.15) is 39.2 Å². The summed E-state index contributed by atoms with van der Waals surface area (Å²) < 4.78 is 5.80. The standard InChI is InChI=1S/C16H27N3O/c1-4-5-10-18-16(17)19-11-14-8-6-7-9-15(14)20-12-13(2)3/h6-9,13H,4-5,10-12H2,1-3H3,(H3,17,18,19). The first kappa shape index (κ1) is 16.3. The summed E-state index contributed by atoms with van der Waals surface area (Å²) in [7, 11) is 0. The average Bonchev–Trinajstić information content (AvgIpc) is 2.44. The number of ether oxygens (including phenoxy) is 1. The van der Waals surface area contributed by atoms with Crippen LogP contribution in [0.25, 0.3) is 0 Å². The molecule has 4 heteroatoms. The van der Waals surface area contributed by atoms with E-state index >= 15 is 0 Å². The second-order valence-electron chi connectivity index (χ2n) is 5.29. The maximum atomic E-state index is 5.83. The van der Waals surface area contributed by atoms with E-state index in [2.05, 4.69) is 31.1 Å². The normalized spacial score (nSPS) is 11.7. The molecule has 112 valence electrons. The number of nitrogens with zero attached hydrogens (tertiary/aromatic N) is 1. The van der Waals surface area contributed by atoms with Gasteiger partial charge in [0, 0.05) is 12.1 Å². The lowest BCUT2D eigenvalue weighted by Gasteiger charge is -2.12. The Bertz CT molecular complexity index is 416. The molecule has 0 fully saturated rings. The van der Waals surface area contributed by atoms with Crippen LogP contribution in [0.15, 0.2) is 29.3 Å². The van der Waals surface area contributed by atoms with Crippen LogP contribution >= 0.6 is 0 Å². The van der Waals surface area contributed by atoms with Gasteiger partial charge in [0.1, 0.15) is 5.75 Å². The highest BCUT2D eigenvalue weighted by molar-refractivity contribution is 5.77. The van der Waals surface area contributed by atoms with Crippen LogP contribution in [0.5, 0.6) is 5.75 Å². The van der Waals surface area contributed by atoms with Crippen LogP contribution in [0.3, 0.4) is 0 Å². The van der Waals surface area contributed by atoms with E-state index in [-0.39, 0.29) is 0 Å². The maximum Gasteiger partial charge on any atom is 0.188 e. The quantitative estimate of drug-likeness (QED) is 0.436. The van der Waals surface area contributed by atoms with Gasteiger partial charge in [-0.25, -0.2) is 4.99 Å². The summed E-state index contributed by atoms with van der Waals surface area (Å²) in [5.41, 5.74) is 6.90. The molecule has 3 N–H and O–H groups in total. The number of unbranched alkanes of at least 4 members (excludes halogenated alkanes) is 1. The molecule has 0 aliphatic carbocycles. The van der Waals surface area contributed by atoms with E-state index in [0.29, 0.717) is 25.0 Å². The summed E-state index contributed by atoms with van der Waals surface area (Å²) in [6.45, 7) is 8.55. The summed E-state index contributed by atoms with van der Waals surface area (Å²) in [4.78, 5) is 4.36. The molecule has 0 aliphatic rings. The summed E-state index contributed by atoms with van der Waals surface area (Å²) in [6, 6.07) is 7.98. The number of aliphatic imine (C=N–C) groups is 1. The van der Waals surface area contributed by atoms with E-state index in [1.165, 1.54) is 0 Å². The van der Waals surface area contributed by atoms with Crippen molar-refractivity contribution in [2.75, 3.05) is 13.2 Å². The lowest BCUT2D eigenvalue weighted by Crippen LogP contribution is -2.32. The van der Waals surface area contributed by atoms with Crippen molar-refractivity contribution in [3.63, 3.8) is 0 Å². The first-order valence-corrected chi connectivity index (χ1v) is 7.38. The fourth-order valence-corrected chi connectivity index (χ4v) is 1.65. The van der Waals surface area contributed by atoms with Crippen LogP contribution in [0, 0.1) is 5.92 Å². The highest BCUT2D eigenvalue weighted by Crippen LogP contribution is 2.19. The van der Waals surface area contributed by atoms with Crippen LogP contribution in [0.2, 0.25) is 0 Å². The second-order valence-corrected chi connectivity index (χ2v) is 5.29. The lowest BCUT2D eigenvalue weighted by atomic mass is 10.2.